The third-order valence-corrected chi connectivity index (χ3v) is 4.33. The van der Waals surface area contributed by atoms with Crippen LogP contribution < -0.4 is 5.73 Å². The van der Waals surface area contributed by atoms with Crippen LogP contribution in [0.3, 0.4) is 0 Å². The number of hydrogen-bond donors (Lipinski definition) is 1. The highest BCUT2D eigenvalue weighted by Crippen LogP contribution is 2.37. The van der Waals surface area contributed by atoms with E-state index in [1.54, 1.807) is 36.4 Å². The number of carbonyl (C=O) groups excluding carboxylic acids is 1. The van der Waals surface area contributed by atoms with E-state index in [1.165, 1.54) is 18.9 Å². The molecule has 0 fully saturated rings. The fourth-order valence-electron chi connectivity index (χ4n) is 1.58. The van der Waals surface area contributed by atoms with Crippen LogP contribution in [0.2, 0.25) is 10.0 Å². The number of hydrogen-bond acceptors (Lipinski definition) is 4. The summed E-state index contributed by atoms with van der Waals surface area (Å²) in [6.45, 7) is 0. The van der Waals surface area contributed by atoms with Crippen LogP contribution in [0.25, 0.3) is 0 Å². The molecule has 0 aliphatic rings. The first-order chi connectivity index (χ1) is 9.51. The minimum Gasteiger partial charge on any atom is -0.465 e. The van der Waals surface area contributed by atoms with Gasteiger partial charge in [-0.1, -0.05) is 35.0 Å². The van der Waals surface area contributed by atoms with Crippen molar-refractivity contribution in [1.82, 2.24) is 0 Å². The molecule has 0 aliphatic heterocycles. The number of methoxy groups -OCH3 is 1. The SMILES string of the molecule is COC(=O)c1cc(N)ccc1Sc1cc(Cl)ccc1Cl. The largest absolute Gasteiger partial charge is 0.465 e. The number of ether oxygens (including phenoxy) is 1. The van der Waals surface area contributed by atoms with Crippen LogP contribution in [0.4, 0.5) is 5.69 Å². The smallest absolute Gasteiger partial charge is 0.339 e. The van der Waals surface area contributed by atoms with Crippen molar-refractivity contribution in [2.45, 2.75) is 9.79 Å². The van der Waals surface area contributed by atoms with Gasteiger partial charge in [0.15, 0.2) is 0 Å². The minimum absolute atomic E-state index is 0.397. The van der Waals surface area contributed by atoms with E-state index in [-0.39, 0.29) is 0 Å². The van der Waals surface area contributed by atoms with E-state index in [2.05, 4.69) is 0 Å². The van der Waals surface area contributed by atoms with Crippen LogP contribution in [0.5, 0.6) is 0 Å². The molecular weight excluding hydrogens is 317 g/mol. The zero-order valence-electron chi connectivity index (χ0n) is 10.5. The Labute approximate surface area is 131 Å². The molecule has 0 saturated carbocycles. The number of nitrogens with two attached hydrogens (primary N) is 1. The predicted molar refractivity (Wildman–Crippen MR) is 82.8 cm³/mol. The van der Waals surface area contributed by atoms with E-state index in [0.717, 1.165) is 4.90 Å². The highest BCUT2D eigenvalue weighted by molar-refractivity contribution is 7.99. The van der Waals surface area contributed by atoms with Crippen molar-refractivity contribution in [3.63, 3.8) is 0 Å². The van der Waals surface area contributed by atoms with Gasteiger partial charge < -0.3 is 10.5 Å². The highest BCUT2D eigenvalue weighted by Gasteiger charge is 2.14. The molecule has 2 aromatic carbocycles. The van der Waals surface area contributed by atoms with Crippen LogP contribution in [0.15, 0.2) is 46.2 Å². The number of anilines is 1. The van der Waals surface area contributed by atoms with Crippen molar-refractivity contribution >= 4 is 46.6 Å². The Morgan fingerprint density at radius 1 is 1.15 bits per heavy atom. The lowest BCUT2D eigenvalue weighted by molar-refractivity contribution is 0.0597. The van der Waals surface area contributed by atoms with Crippen LogP contribution in [-0.2, 0) is 4.74 Å². The quantitative estimate of drug-likeness (QED) is 0.665. The number of rotatable bonds is 3. The third-order valence-electron chi connectivity index (χ3n) is 2.52. The fraction of sp³-hybridized carbons (Fsp3) is 0.0714. The molecule has 0 aliphatic carbocycles. The van der Waals surface area contributed by atoms with E-state index in [1.807, 2.05) is 0 Å². The first-order valence-electron chi connectivity index (χ1n) is 5.62. The topological polar surface area (TPSA) is 52.3 Å². The normalized spacial score (nSPS) is 10.3. The van der Waals surface area contributed by atoms with Crippen LogP contribution in [0, 0.1) is 0 Å². The zero-order chi connectivity index (χ0) is 14.7. The van der Waals surface area contributed by atoms with Crippen LogP contribution >= 0.6 is 35.0 Å². The Morgan fingerprint density at radius 2 is 1.90 bits per heavy atom. The molecule has 0 amide bonds. The van der Waals surface area contributed by atoms with Gasteiger partial charge in [0.25, 0.3) is 0 Å². The molecule has 3 nitrogen and oxygen atoms in total. The number of carbonyl (C=O) groups is 1. The predicted octanol–water partition coefficient (Wildman–Crippen LogP) is 4.51. The molecule has 0 atom stereocenters. The Morgan fingerprint density at radius 3 is 2.60 bits per heavy atom. The highest BCUT2D eigenvalue weighted by atomic mass is 35.5. The summed E-state index contributed by atoms with van der Waals surface area (Å²) in [5.74, 6) is -0.446. The van der Waals surface area contributed by atoms with Gasteiger partial charge in [0, 0.05) is 20.5 Å². The summed E-state index contributed by atoms with van der Waals surface area (Å²) in [7, 11) is 1.33. The van der Waals surface area contributed by atoms with Crippen LogP contribution in [-0.4, -0.2) is 13.1 Å². The maximum atomic E-state index is 11.8. The Hall–Kier alpha value is -1.36. The van der Waals surface area contributed by atoms with E-state index >= 15 is 0 Å². The number of halogens is 2. The molecule has 0 spiro atoms. The number of nitrogen functional groups attached to an aromatic ring is 1. The van der Waals surface area contributed by atoms with Gasteiger partial charge in [-0.15, -0.1) is 0 Å². The standard InChI is InChI=1S/C14H11Cl2NO2S/c1-19-14(18)10-7-9(17)3-5-12(10)20-13-6-8(15)2-4-11(13)16/h2-7H,17H2,1H3. The summed E-state index contributed by atoms with van der Waals surface area (Å²) in [6.07, 6.45) is 0. The monoisotopic (exact) mass is 327 g/mol. The molecule has 20 heavy (non-hydrogen) atoms. The zero-order valence-corrected chi connectivity index (χ0v) is 12.9. The van der Waals surface area contributed by atoms with Gasteiger partial charge in [-0.3, -0.25) is 0 Å². The van der Waals surface area contributed by atoms with Gasteiger partial charge in [0.2, 0.25) is 0 Å². The van der Waals surface area contributed by atoms with Crippen molar-refractivity contribution in [1.29, 1.82) is 0 Å². The lowest BCUT2D eigenvalue weighted by Gasteiger charge is -2.10. The molecule has 0 saturated heterocycles. The summed E-state index contributed by atoms with van der Waals surface area (Å²) in [5.41, 5.74) is 6.59. The molecule has 2 rings (SSSR count). The first-order valence-corrected chi connectivity index (χ1v) is 7.19. The molecule has 0 unspecified atom stereocenters. The average Bonchev–Trinajstić information content (AvgIpc) is 2.43. The fourth-order valence-corrected chi connectivity index (χ4v) is 3.03. The molecule has 2 N–H and O–H groups in total. The second kappa shape index (κ2) is 6.39. The number of benzene rings is 2. The average molecular weight is 328 g/mol. The number of esters is 1. The second-order valence-corrected chi connectivity index (χ2v) is 5.85. The van der Waals surface area contributed by atoms with Crippen molar-refractivity contribution in [3.8, 4) is 0 Å². The summed E-state index contributed by atoms with van der Waals surface area (Å²) in [6, 6.07) is 10.2. The van der Waals surface area contributed by atoms with Crippen molar-refractivity contribution in [3.05, 3.63) is 52.0 Å². The summed E-state index contributed by atoms with van der Waals surface area (Å²) < 4.78 is 4.76. The summed E-state index contributed by atoms with van der Waals surface area (Å²) in [5, 5.41) is 1.14. The molecule has 0 aromatic heterocycles. The molecule has 2 aromatic rings. The first kappa shape index (κ1) is 15.0. The molecule has 0 radical (unpaired) electrons. The van der Waals surface area contributed by atoms with E-state index < -0.39 is 5.97 Å². The van der Waals surface area contributed by atoms with Gasteiger partial charge in [-0.2, -0.15) is 0 Å². The minimum atomic E-state index is -0.446. The maximum absolute atomic E-state index is 11.8. The van der Waals surface area contributed by atoms with E-state index in [9.17, 15) is 4.79 Å². The molecule has 104 valence electrons. The van der Waals surface area contributed by atoms with Crippen molar-refractivity contribution < 1.29 is 9.53 Å². The van der Waals surface area contributed by atoms with Gasteiger partial charge >= 0.3 is 5.97 Å². The van der Waals surface area contributed by atoms with Gasteiger partial charge in [0.05, 0.1) is 17.7 Å². The summed E-state index contributed by atoms with van der Waals surface area (Å²) >= 11 is 13.4. The maximum Gasteiger partial charge on any atom is 0.339 e. The Balaban J connectivity index is 2.43. The van der Waals surface area contributed by atoms with Gasteiger partial charge in [0.1, 0.15) is 0 Å². The van der Waals surface area contributed by atoms with Gasteiger partial charge in [-0.25, -0.2) is 4.79 Å². The Kier molecular flexibility index (Phi) is 4.81. The van der Waals surface area contributed by atoms with Crippen molar-refractivity contribution in [2.75, 3.05) is 12.8 Å². The third kappa shape index (κ3) is 3.39. The van der Waals surface area contributed by atoms with Gasteiger partial charge in [-0.05, 0) is 36.4 Å². The van der Waals surface area contributed by atoms with Crippen LogP contribution in [0.1, 0.15) is 10.4 Å². The second-order valence-electron chi connectivity index (χ2n) is 3.92. The molecular formula is C14H11Cl2NO2S. The lowest BCUT2D eigenvalue weighted by atomic mass is 10.2. The Bertz CT molecular complexity index is 662. The van der Waals surface area contributed by atoms with E-state index in [0.29, 0.717) is 26.2 Å². The molecule has 0 heterocycles. The van der Waals surface area contributed by atoms with E-state index in [4.69, 9.17) is 33.7 Å². The van der Waals surface area contributed by atoms with Crippen molar-refractivity contribution in [2.24, 2.45) is 0 Å². The summed E-state index contributed by atoms with van der Waals surface area (Å²) in [4.78, 5) is 13.2. The molecule has 6 heteroatoms. The lowest BCUT2D eigenvalue weighted by Crippen LogP contribution is -2.04. The molecule has 0 bridgehead atoms.